The number of carboxylic acid groups (broad SMARTS) is 1. The van der Waals surface area contributed by atoms with Crippen LogP contribution in [0.5, 0.6) is 5.75 Å². The number of piperazine rings is 1. The number of benzene rings is 1. The smallest absolute Gasteiger partial charge is 0.534 e. The number of aromatic carboxylic acids is 1. The number of anilines is 1. The van der Waals surface area contributed by atoms with Gasteiger partial charge >= 0.3 is 24.9 Å². The fourth-order valence-electron chi connectivity index (χ4n) is 4.43. The number of para-hydroxylation sites is 1. The van der Waals surface area contributed by atoms with Gasteiger partial charge in [-0.25, -0.2) is 9.78 Å². The number of nitrogens with zero attached hydrogens (tertiary/aromatic N) is 3. The summed E-state index contributed by atoms with van der Waals surface area (Å²) in [5, 5.41) is 31.0. The molecule has 17 heteroatoms. The highest BCUT2D eigenvalue weighted by Gasteiger charge is 2.39. The second-order valence-corrected chi connectivity index (χ2v) is 10.1. The van der Waals surface area contributed by atoms with Crippen LogP contribution >= 0.6 is 11.3 Å². The van der Waals surface area contributed by atoms with Crippen molar-refractivity contribution in [1.82, 2.24) is 25.4 Å². The minimum Gasteiger partial charge on any atom is -0.534 e. The number of fused-ring (bicyclic) bond motifs is 1. The van der Waals surface area contributed by atoms with Crippen molar-refractivity contribution >= 4 is 47.3 Å². The standard InChI is InChI=1S/C24H32BN7O8S/c1-2-31-8-9-32(22(35)21(31)34)13-39-12-28-18(16-11-41-24(29-16)27-7-6-26)20(33)30-17-10-14-4-3-5-15(23(36)37)19(14)40-25(17)38/h3-5,11,17-18,28,38H,2,6-10,12-13,26H2,1H3,(H,27,29)(H,30,33)(H,36,37)/t17-,18?/m0/s1. The minimum atomic E-state index is -1.49. The van der Waals surface area contributed by atoms with E-state index in [2.05, 4.69) is 20.9 Å². The molecular formula is C24H32BN7O8S. The van der Waals surface area contributed by atoms with Crippen LogP contribution in [0, 0.1) is 0 Å². The summed E-state index contributed by atoms with van der Waals surface area (Å²) in [4.78, 5) is 56.6. The van der Waals surface area contributed by atoms with Crippen LogP contribution in [0.15, 0.2) is 23.6 Å². The molecule has 220 valence electrons. The summed E-state index contributed by atoms with van der Waals surface area (Å²) in [5.41, 5.74) is 6.36. The highest BCUT2D eigenvalue weighted by atomic mass is 32.1. The second-order valence-electron chi connectivity index (χ2n) is 9.29. The van der Waals surface area contributed by atoms with Crippen molar-refractivity contribution in [3.8, 4) is 5.75 Å². The Morgan fingerprint density at radius 3 is 2.78 bits per heavy atom. The molecular weight excluding hydrogens is 557 g/mol. The zero-order valence-electron chi connectivity index (χ0n) is 22.4. The molecule has 41 heavy (non-hydrogen) atoms. The maximum atomic E-state index is 13.4. The maximum Gasteiger partial charge on any atom is 0.547 e. The lowest BCUT2D eigenvalue weighted by atomic mass is 9.72. The Kier molecular flexibility index (Phi) is 10.1. The number of hydrogen-bond acceptors (Lipinski definition) is 12. The average molecular weight is 589 g/mol. The molecule has 1 aromatic carbocycles. The Morgan fingerprint density at radius 2 is 2.05 bits per heavy atom. The van der Waals surface area contributed by atoms with Crippen LogP contribution in [-0.2, 0) is 25.5 Å². The number of carboxylic acids is 1. The van der Waals surface area contributed by atoms with E-state index in [-0.39, 0.29) is 31.2 Å². The molecule has 0 spiro atoms. The minimum absolute atomic E-state index is 0.0593. The van der Waals surface area contributed by atoms with E-state index in [0.717, 1.165) is 0 Å². The van der Waals surface area contributed by atoms with Crippen molar-refractivity contribution in [2.24, 2.45) is 5.73 Å². The van der Waals surface area contributed by atoms with Crippen LogP contribution in [-0.4, -0.2) is 108 Å². The van der Waals surface area contributed by atoms with E-state index >= 15 is 0 Å². The molecule has 0 aliphatic carbocycles. The Hall–Kier alpha value is -3.77. The number of likely N-dealkylation sites (N-methyl/N-ethyl adjacent to an activating group) is 1. The SMILES string of the molecule is CCN1CCN(COCNC(C(=O)N[C@H]2Cc3cccc(C(=O)O)c3OB2O)c2csc(NCCN)n2)C(=O)C1=O. The highest BCUT2D eigenvalue weighted by molar-refractivity contribution is 7.13. The van der Waals surface area contributed by atoms with Gasteiger partial charge in [-0.05, 0) is 25.0 Å². The summed E-state index contributed by atoms with van der Waals surface area (Å²) in [5.74, 6) is -3.79. The lowest BCUT2D eigenvalue weighted by molar-refractivity contribution is -0.160. The first-order chi connectivity index (χ1) is 19.7. The summed E-state index contributed by atoms with van der Waals surface area (Å²) in [6.07, 6.45) is 0.132. The largest absolute Gasteiger partial charge is 0.547 e. The number of hydrogen-bond donors (Lipinski definition) is 6. The van der Waals surface area contributed by atoms with Gasteiger partial charge in [-0.1, -0.05) is 12.1 Å². The van der Waals surface area contributed by atoms with Crippen LogP contribution in [0.25, 0.3) is 0 Å². The summed E-state index contributed by atoms with van der Waals surface area (Å²) < 4.78 is 11.1. The molecule has 2 aliphatic rings. The zero-order chi connectivity index (χ0) is 29.5. The van der Waals surface area contributed by atoms with Gasteiger partial charge in [-0.2, -0.15) is 0 Å². The van der Waals surface area contributed by atoms with Crippen molar-refractivity contribution in [1.29, 1.82) is 0 Å². The van der Waals surface area contributed by atoms with Crippen molar-refractivity contribution in [2.45, 2.75) is 25.3 Å². The van der Waals surface area contributed by atoms with E-state index in [9.17, 15) is 29.3 Å². The van der Waals surface area contributed by atoms with E-state index in [1.165, 1.54) is 27.2 Å². The molecule has 1 unspecified atom stereocenters. The fourth-order valence-corrected chi connectivity index (χ4v) is 5.20. The number of carbonyl (C=O) groups is 4. The van der Waals surface area contributed by atoms with Gasteiger partial charge in [-0.15, -0.1) is 11.3 Å². The highest BCUT2D eigenvalue weighted by Crippen LogP contribution is 2.30. The lowest BCUT2D eigenvalue weighted by Crippen LogP contribution is -2.55. The van der Waals surface area contributed by atoms with E-state index in [1.54, 1.807) is 24.4 Å². The van der Waals surface area contributed by atoms with Gasteiger partial charge in [0.1, 0.15) is 18.5 Å². The Labute approximate surface area is 240 Å². The number of amides is 3. The topological polar surface area (TPSA) is 209 Å². The Bertz CT molecular complexity index is 1280. The number of ether oxygens (including phenoxy) is 1. The van der Waals surface area contributed by atoms with Crippen molar-refractivity contribution in [3.05, 3.63) is 40.4 Å². The van der Waals surface area contributed by atoms with Crippen LogP contribution in [0.3, 0.4) is 0 Å². The molecule has 2 aliphatic heterocycles. The van der Waals surface area contributed by atoms with Crippen LogP contribution in [0.4, 0.5) is 5.13 Å². The van der Waals surface area contributed by atoms with E-state index in [0.29, 0.717) is 49.1 Å². The monoisotopic (exact) mass is 589 g/mol. The van der Waals surface area contributed by atoms with Crippen molar-refractivity contribution in [3.63, 3.8) is 0 Å². The average Bonchev–Trinajstić information content (AvgIpc) is 3.42. The third kappa shape index (κ3) is 7.12. The van der Waals surface area contributed by atoms with Gasteiger partial charge in [-0.3, -0.25) is 19.7 Å². The predicted molar refractivity (Wildman–Crippen MR) is 148 cm³/mol. The van der Waals surface area contributed by atoms with Gasteiger partial charge < -0.3 is 45.7 Å². The van der Waals surface area contributed by atoms with Gasteiger partial charge in [0.2, 0.25) is 5.91 Å². The normalized spacial score (nSPS) is 17.6. The van der Waals surface area contributed by atoms with E-state index in [4.69, 9.17) is 15.1 Å². The fraction of sp³-hybridized carbons (Fsp3) is 0.458. The van der Waals surface area contributed by atoms with Gasteiger partial charge in [0.15, 0.2) is 5.13 Å². The predicted octanol–water partition coefficient (Wildman–Crippen LogP) is -1.40. The number of nitrogens with two attached hydrogens (primary N) is 1. The van der Waals surface area contributed by atoms with Gasteiger partial charge in [0, 0.05) is 38.1 Å². The maximum absolute atomic E-state index is 13.4. The molecule has 1 fully saturated rings. The van der Waals surface area contributed by atoms with Crippen LogP contribution in [0.2, 0.25) is 0 Å². The molecule has 15 nitrogen and oxygen atoms in total. The van der Waals surface area contributed by atoms with Crippen LogP contribution in [0.1, 0.15) is 34.6 Å². The Balaban J connectivity index is 1.42. The molecule has 2 atom stereocenters. The third-order valence-corrected chi connectivity index (χ3v) is 7.41. The lowest BCUT2D eigenvalue weighted by Gasteiger charge is -2.33. The molecule has 1 saturated heterocycles. The van der Waals surface area contributed by atoms with E-state index < -0.39 is 42.8 Å². The zero-order valence-corrected chi connectivity index (χ0v) is 23.2. The third-order valence-electron chi connectivity index (χ3n) is 6.59. The second kappa shape index (κ2) is 13.7. The number of thiazole rings is 1. The van der Waals surface area contributed by atoms with Crippen molar-refractivity contribution < 1.29 is 38.7 Å². The quantitative estimate of drug-likeness (QED) is 0.0691. The number of nitrogens with one attached hydrogen (secondary N) is 3. The molecule has 0 bridgehead atoms. The first-order valence-electron chi connectivity index (χ1n) is 13.0. The van der Waals surface area contributed by atoms with Gasteiger partial charge in [0.25, 0.3) is 0 Å². The number of carbonyl (C=O) groups excluding carboxylic acids is 3. The summed E-state index contributed by atoms with van der Waals surface area (Å²) in [6, 6.07) is 3.58. The van der Waals surface area contributed by atoms with Crippen molar-refractivity contribution in [2.75, 3.05) is 51.5 Å². The first kappa shape index (κ1) is 30.2. The van der Waals surface area contributed by atoms with Gasteiger partial charge in [0.05, 0.1) is 23.9 Å². The number of aromatic nitrogens is 1. The first-order valence-corrected chi connectivity index (χ1v) is 13.9. The molecule has 1 aromatic heterocycles. The molecule has 3 amide bonds. The Morgan fingerprint density at radius 1 is 1.29 bits per heavy atom. The molecule has 3 heterocycles. The molecule has 7 N–H and O–H groups in total. The van der Waals surface area contributed by atoms with E-state index in [1.807, 2.05) is 0 Å². The molecule has 2 aromatic rings. The molecule has 4 rings (SSSR count). The summed E-state index contributed by atoms with van der Waals surface area (Å²) >= 11 is 1.28. The number of rotatable bonds is 13. The summed E-state index contributed by atoms with van der Waals surface area (Å²) in [7, 11) is -1.49. The molecule has 0 saturated carbocycles. The van der Waals surface area contributed by atoms with Crippen LogP contribution < -0.4 is 26.3 Å². The summed E-state index contributed by atoms with van der Waals surface area (Å²) in [6.45, 7) is 3.54. The molecule has 0 radical (unpaired) electrons.